The third-order valence-corrected chi connectivity index (χ3v) is 4.94. The normalized spacial score (nSPS) is 10.9. The Kier molecular flexibility index (Phi) is 5.44. The van der Waals surface area contributed by atoms with Crippen molar-refractivity contribution in [2.24, 2.45) is 0 Å². The standard InChI is InChI=1S/C25H20FNO3/c1-17-10-11-23-22(12-17)24(28)20(16-30-23)15-27(14-18-6-3-2-4-7-18)25(29)19-8-5-9-21(26)13-19/h2-13,16H,14-15H2,1H3. The molecule has 0 fully saturated rings. The van der Waals surface area contributed by atoms with Gasteiger partial charge in [0.2, 0.25) is 0 Å². The van der Waals surface area contributed by atoms with E-state index in [0.717, 1.165) is 11.1 Å². The lowest BCUT2D eigenvalue weighted by Crippen LogP contribution is -2.32. The number of hydrogen-bond donors (Lipinski definition) is 0. The minimum Gasteiger partial charge on any atom is -0.464 e. The first-order valence-corrected chi connectivity index (χ1v) is 9.61. The maximum absolute atomic E-state index is 13.7. The highest BCUT2D eigenvalue weighted by molar-refractivity contribution is 5.94. The van der Waals surface area contributed by atoms with Gasteiger partial charge in [0.25, 0.3) is 5.91 Å². The van der Waals surface area contributed by atoms with Gasteiger partial charge in [-0.3, -0.25) is 9.59 Å². The third-order valence-electron chi connectivity index (χ3n) is 4.94. The minimum absolute atomic E-state index is 0.0520. The molecule has 1 aromatic heterocycles. The van der Waals surface area contributed by atoms with Crippen LogP contribution in [0.15, 0.2) is 88.3 Å². The quantitative estimate of drug-likeness (QED) is 0.468. The van der Waals surface area contributed by atoms with E-state index in [-0.39, 0.29) is 30.0 Å². The van der Waals surface area contributed by atoms with E-state index in [0.29, 0.717) is 16.5 Å². The van der Waals surface area contributed by atoms with Gasteiger partial charge in [-0.15, -0.1) is 0 Å². The molecule has 0 unspecified atom stereocenters. The Labute approximate surface area is 173 Å². The van der Waals surface area contributed by atoms with Crippen LogP contribution < -0.4 is 5.43 Å². The smallest absolute Gasteiger partial charge is 0.254 e. The molecule has 0 spiro atoms. The highest BCUT2D eigenvalue weighted by Crippen LogP contribution is 2.17. The number of carbonyl (C=O) groups is 1. The van der Waals surface area contributed by atoms with E-state index in [1.165, 1.54) is 29.4 Å². The predicted octanol–water partition coefficient (Wildman–Crippen LogP) is 5.08. The van der Waals surface area contributed by atoms with Crippen molar-refractivity contribution >= 4 is 16.9 Å². The molecule has 0 atom stereocenters. The van der Waals surface area contributed by atoms with Gasteiger partial charge in [-0.2, -0.15) is 0 Å². The Bertz CT molecular complexity index is 1260. The van der Waals surface area contributed by atoms with Crippen LogP contribution in [0.4, 0.5) is 4.39 Å². The van der Waals surface area contributed by atoms with Crippen LogP contribution in [0.25, 0.3) is 11.0 Å². The molecule has 1 amide bonds. The van der Waals surface area contributed by atoms with E-state index >= 15 is 0 Å². The summed E-state index contributed by atoms with van der Waals surface area (Å²) in [4.78, 5) is 27.7. The van der Waals surface area contributed by atoms with Crippen LogP contribution in [0.5, 0.6) is 0 Å². The Morgan fingerprint density at radius 3 is 2.53 bits per heavy atom. The average molecular weight is 401 g/mol. The minimum atomic E-state index is -0.485. The molecular weight excluding hydrogens is 381 g/mol. The zero-order valence-electron chi connectivity index (χ0n) is 16.5. The molecule has 150 valence electrons. The van der Waals surface area contributed by atoms with Crippen LogP contribution in [-0.4, -0.2) is 10.8 Å². The maximum atomic E-state index is 13.7. The molecule has 0 bridgehead atoms. The molecule has 4 aromatic rings. The van der Waals surface area contributed by atoms with Crippen molar-refractivity contribution in [2.75, 3.05) is 0 Å². The van der Waals surface area contributed by atoms with Gasteiger partial charge in [-0.25, -0.2) is 4.39 Å². The van der Waals surface area contributed by atoms with Crippen LogP contribution in [-0.2, 0) is 13.1 Å². The summed E-state index contributed by atoms with van der Waals surface area (Å²) in [6, 6.07) is 20.4. The van der Waals surface area contributed by atoms with Gasteiger partial charge in [0.05, 0.1) is 23.8 Å². The highest BCUT2D eigenvalue weighted by Gasteiger charge is 2.19. The first-order chi connectivity index (χ1) is 14.5. The number of nitrogens with zero attached hydrogens (tertiary/aromatic N) is 1. The lowest BCUT2D eigenvalue weighted by molar-refractivity contribution is 0.0728. The van der Waals surface area contributed by atoms with E-state index in [2.05, 4.69) is 0 Å². The van der Waals surface area contributed by atoms with Gasteiger partial charge < -0.3 is 9.32 Å². The van der Waals surface area contributed by atoms with Crippen LogP contribution in [0.1, 0.15) is 27.0 Å². The van der Waals surface area contributed by atoms with Gasteiger partial charge in [0.1, 0.15) is 11.4 Å². The summed E-state index contributed by atoms with van der Waals surface area (Å²) in [7, 11) is 0. The lowest BCUT2D eigenvalue weighted by atomic mass is 10.1. The zero-order chi connectivity index (χ0) is 21.1. The number of halogens is 1. The summed E-state index contributed by atoms with van der Waals surface area (Å²) < 4.78 is 19.3. The fraction of sp³-hybridized carbons (Fsp3) is 0.120. The van der Waals surface area contributed by atoms with Gasteiger partial charge in [0, 0.05) is 12.1 Å². The molecule has 4 rings (SSSR count). The molecule has 3 aromatic carbocycles. The first-order valence-electron chi connectivity index (χ1n) is 9.61. The third kappa shape index (κ3) is 4.15. The lowest BCUT2D eigenvalue weighted by Gasteiger charge is -2.23. The number of amides is 1. The fourth-order valence-corrected chi connectivity index (χ4v) is 3.41. The monoisotopic (exact) mass is 401 g/mol. The van der Waals surface area contributed by atoms with E-state index in [1.54, 1.807) is 18.2 Å². The second-order valence-electron chi connectivity index (χ2n) is 7.25. The maximum Gasteiger partial charge on any atom is 0.254 e. The number of benzene rings is 3. The molecule has 0 aliphatic heterocycles. The highest BCUT2D eigenvalue weighted by atomic mass is 19.1. The van der Waals surface area contributed by atoms with Crippen molar-refractivity contribution < 1.29 is 13.6 Å². The molecule has 0 aliphatic rings. The molecule has 0 saturated heterocycles. The second kappa shape index (κ2) is 8.33. The molecule has 0 N–H and O–H groups in total. The topological polar surface area (TPSA) is 50.5 Å². The molecular formula is C25H20FNO3. The van der Waals surface area contributed by atoms with Crippen molar-refractivity contribution in [1.29, 1.82) is 0 Å². The van der Waals surface area contributed by atoms with Gasteiger partial charge in [-0.05, 0) is 42.8 Å². The first kappa shape index (κ1) is 19.6. The van der Waals surface area contributed by atoms with Crippen LogP contribution in [0, 0.1) is 12.7 Å². The largest absolute Gasteiger partial charge is 0.464 e. The average Bonchev–Trinajstić information content (AvgIpc) is 2.75. The van der Waals surface area contributed by atoms with Gasteiger partial charge >= 0.3 is 0 Å². The van der Waals surface area contributed by atoms with Crippen molar-refractivity contribution in [1.82, 2.24) is 4.90 Å². The molecule has 1 heterocycles. The SMILES string of the molecule is Cc1ccc2occ(CN(Cc3ccccc3)C(=O)c3cccc(F)c3)c(=O)c2c1. The molecule has 30 heavy (non-hydrogen) atoms. The molecule has 0 aliphatic carbocycles. The number of aryl methyl sites for hydroxylation is 1. The molecule has 4 nitrogen and oxygen atoms in total. The molecule has 5 heteroatoms. The van der Waals surface area contributed by atoms with Gasteiger partial charge in [0.15, 0.2) is 5.43 Å². The zero-order valence-corrected chi connectivity index (χ0v) is 16.5. The molecule has 0 saturated carbocycles. The second-order valence-corrected chi connectivity index (χ2v) is 7.25. The van der Waals surface area contributed by atoms with Crippen molar-refractivity contribution in [3.63, 3.8) is 0 Å². The summed E-state index contributed by atoms with van der Waals surface area (Å²) in [5.41, 5.74) is 2.78. The number of rotatable bonds is 5. The van der Waals surface area contributed by atoms with E-state index in [9.17, 15) is 14.0 Å². The number of fused-ring (bicyclic) bond motifs is 1. The van der Waals surface area contributed by atoms with E-state index < -0.39 is 5.82 Å². The predicted molar refractivity (Wildman–Crippen MR) is 114 cm³/mol. The Morgan fingerprint density at radius 1 is 0.967 bits per heavy atom. The summed E-state index contributed by atoms with van der Waals surface area (Å²) in [6.07, 6.45) is 1.40. The summed E-state index contributed by atoms with van der Waals surface area (Å²) >= 11 is 0. The summed E-state index contributed by atoms with van der Waals surface area (Å²) in [6.45, 7) is 2.23. The van der Waals surface area contributed by atoms with Crippen LogP contribution >= 0.6 is 0 Å². The van der Waals surface area contributed by atoms with Crippen LogP contribution in [0.2, 0.25) is 0 Å². The van der Waals surface area contributed by atoms with Crippen LogP contribution in [0.3, 0.4) is 0 Å². The number of hydrogen-bond acceptors (Lipinski definition) is 3. The van der Waals surface area contributed by atoms with Crippen molar-refractivity contribution in [2.45, 2.75) is 20.0 Å². The Balaban J connectivity index is 1.72. The molecule has 0 radical (unpaired) electrons. The van der Waals surface area contributed by atoms with Crippen molar-refractivity contribution in [3.8, 4) is 0 Å². The summed E-state index contributed by atoms with van der Waals surface area (Å²) in [5.74, 6) is -0.844. The Morgan fingerprint density at radius 2 is 1.77 bits per heavy atom. The number of carbonyl (C=O) groups excluding carboxylic acids is 1. The summed E-state index contributed by atoms with van der Waals surface area (Å²) in [5, 5.41) is 0.477. The fourth-order valence-electron chi connectivity index (χ4n) is 3.41. The van der Waals surface area contributed by atoms with Crippen molar-refractivity contribution in [3.05, 3.63) is 117 Å². The van der Waals surface area contributed by atoms with E-state index in [1.807, 2.05) is 43.3 Å². The Hall–Kier alpha value is -3.73. The van der Waals surface area contributed by atoms with Gasteiger partial charge in [-0.1, -0.05) is 48.0 Å². The van der Waals surface area contributed by atoms with E-state index in [4.69, 9.17) is 4.42 Å².